The lowest BCUT2D eigenvalue weighted by Gasteiger charge is -2.19. The van der Waals surface area contributed by atoms with E-state index in [4.69, 9.17) is 0 Å². The molecule has 0 bridgehead atoms. The highest BCUT2D eigenvalue weighted by molar-refractivity contribution is 7.17. The minimum atomic E-state index is -0.0464. The van der Waals surface area contributed by atoms with Crippen LogP contribution in [0.4, 0.5) is 0 Å². The molecule has 0 fully saturated rings. The van der Waals surface area contributed by atoms with Crippen molar-refractivity contribution in [3.8, 4) is 11.1 Å². The first-order valence-corrected chi connectivity index (χ1v) is 8.77. The normalized spacial score (nSPS) is 12.3. The number of hydrogen-bond acceptors (Lipinski definition) is 3. The Morgan fingerprint density at radius 1 is 1.13 bits per heavy atom. The van der Waals surface area contributed by atoms with Crippen LogP contribution in [0, 0.1) is 0 Å². The van der Waals surface area contributed by atoms with Gasteiger partial charge in [0.05, 0.1) is 5.39 Å². The van der Waals surface area contributed by atoms with Gasteiger partial charge >= 0.3 is 0 Å². The van der Waals surface area contributed by atoms with Gasteiger partial charge in [-0.2, -0.15) is 0 Å². The van der Waals surface area contributed by atoms with E-state index in [1.165, 1.54) is 16.9 Å². The minimum absolute atomic E-state index is 0.0464. The Bertz CT molecular complexity index is 896. The molecular formula is C19H22N2OS. The van der Waals surface area contributed by atoms with Crippen LogP contribution in [0.1, 0.15) is 51.9 Å². The second-order valence-corrected chi connectivity index (χ2v) is 8.12. The number of nitrogens with zero attached hydrogens (tertiary/aromatic N) is 1. The highest BCUT2D eigenvalue weighted by Gasteiger charge is 2.16. The monoisotopic (exact) mass is 326 g/mol. The Balaban J connectivity index is 2.12. The van der Waals surface area contributed by atoms with E-state index in [2.05, 4.69) is 55.0 Å². The van der Waals surface area contributed by atoms with Gasteiger partial charge in [0.15, 0.2) is 0 Å². The molecule has 0 saturated heterocycles. The fourth-order valence-electron chi connectivity index (χ4n) is 2.60. The second kappa shape index (κ2) is 5.60. The van der Waals surface area contributed by atoms with Crippen molar-refractivity contribution in [1.82, 2.24) is 9.97 Å². The largest absolute Gasteiger partial charge is 0.310 e. The van der Waals surface area contributed by atoms with Gasteiger partial charge in [0.2, 0.25) is 0 Å². The van der Waals surface area contributed by atoms with E-state index in [0.29, 0.717) is 5.39 Å². The standard InChI is InChI=1S/C19H22N2OS/c1-11(2)16-20-17(22)15-14(10-23-18(15)21-16)12-6-8-13(9-7-12)19(3,4)5/h6-11H,1-5H3,(H,20,21,22). The summed E-state index contributed by atoms with van der Waals surface area (Å²) in [6, 6.07) is 8.47. The number of aromatic amines is 1. The molecule has 1 aromatic carbocycles. The molecule has 0 atom stereocenters. The summed E-state index contributed by atoms with van der Waals surface area (Å²) in [6.07, 6.45) is 0. The molecule has 0 aliphatic rings. The van der Waals surface area contributed by atoms with Crippen LogP contribution in [0.2, 0.25) is 0 Å². The fourth-order valence-corrected chi connectivity index (χ4v) is 3.56. The van der Waals surface area contributed by atoms with Crippen molar-refractivity contribution in [3.05, 3.63) is 51.4 Å². The molecule has 23 heavy (non-hydrogen) atoms. The van der Waals surface area contributed by atoms with Gasteiger partial charge in [-0.15, -0.1) is 11.3 Å². The first-order chi connectivity index (χ1) is 10.8. The molecule has 120 valence electrons. The van der Waals surface area contributed by atoms with Gasteiger partial charge in [0.25, 0.3) is 5.56 Å². The molecule has 2 aromatic heterocycles. The number of thiophene rings is 1. The average molecular weight is 326 g/mol. The van der Waals surface area contributed by atoms with E-state index in [9.17, 15) is 4.79 Å². The zero-order valence-electron chi connectivity index (χ0n) is 14.2. The van der Waals surface area contributed by atoms with Crippen molar-refractivity contribution < 1.29 is 0 Å². The molecule has 0 saturated carbocycles. The number of benzene rings is 1. The van der Waals surface area contributed by atoms with E-state index in [1.54, 1.807) is 0 Å². The third-order valence-electron chi connectivity index (χ3n) is 4.07. The highest BCUT2D eigenvalue weighted by Crippen LogP contribution is 2.32. The van der Waals surface area contributed by atoms with E-state index in [-0.39, 0.29) is 16.9 Å². The number of rotatable bonds is 2. The van der Waals surface area contributed by atoms with Gasteiger partial charge in [-0.25, -0.2) is 4.98 Å². The summed E-state index contributed by atoms with van der Waals surface area (Å²) >= 11 is 1.53. The molecule has 1 N–H and O–H groups in total. The van der Waals surface area contributed by atoms with Crippen LogP contribution >= 0.6 is 11.3 Å². The second-order valence-electron chi connectivity index (χ2n) is 7.26. The number of fused-ring (bicyclic) bond motifs is 1. The summed E-state index contributed by atoms with van der Waals surface area (Å²) in [6.45, 7) is 10.7. The fraction of sp³-hybridized carbons (Fsp3) is 0.368. The molecule has 0 radical (unpaired) electrons. The van der Waals surface area contributed by atoms with Gasteiger partial charge in [0, 0.05) is 16.9 Å². The molecule has 0 aliphatic heterocycles. The van der Waals surface area contributed by atoms with Crippen LogP contribution in [-0.2, 0) is 5.41 Å². The first-order valence-electron chi connectivity index (χ1n) is 7.89. The molecule has 3 rings (SSSR count). The lowest BCUT2D eigenvalue weighted by Crippen LogP contribution is -2.12. The Morgan fingerprint density at radius 3 is 2.35 bits per heavy atom. The summed E-state index contributed by atoms with van der Waals surface area (Å²) in [5, 5.41) is 2.73. The Kier molecular flexibility index (Phi) is 3.88. The zero-order chi connectivity index (χ0) is 16.8. The van der Waals surface area contributed by atoms with Crippen molar-refractivity contribution in [1.29, 1.82) is 0 Å². The quantitative estimate of drug-likeness (QED) is 0.714. The zero-order valence-corrected chi connectivity index (χ0v) is 15.0. The van der Waals surface area contributed by atoms with Crippen molar-refractivity contribution >= 4 is 21.6 Å². The van der Waals surface area contributed by atoms with Gasteiger partial charge in [-0.3, -0.25) is 4.79 Å². The summed E-state index contributed by atoms with van der Waals surface area (Å²) in [5.74, 6) is 0.961. The topological polar surface area (TPSA) is 45.8 Å². The smallest absolute Gasteiger partial charge is 0.260 e. The van der Waals surface area contributed by atoms with Crippen LogP contribution < -0.4 is 5.56 Å². The number of nitrogens with one attached hydrogen (secondary N) is 1. The lowest BCUT2D eigenvalue weighted by atomic mass is 9.86. The Hall–Kier alpha value is -1.94. The van der Waals surface area contributed by atoms with Crippen molar-refractivity contribution in [2.45, 2.75) is 46.0 Å². The summed E-state index contributed by atoms with van der Waals surface area (Å²) < 4.78 is 0. The van der Waals surface area contributed by atoms with Crippen molar-refractivity contribution in [2.75, 3.05) is 0 Å². The Morgan fingerprint density at radius 2 is 1.78 bits per heavy atom. The van der Waals surface area contributed by atoms with Gasteiger partial charge < -0.3 is 4.98 Å². The molecule has 3 aromatic rings. The minimum Gasteiger partial charge on any atom is -0.310 e. The summed E-state index contributed by atoms with van der Waals surface area (Å²) in [5.41, 5.74) is 3.40. The van der Waals surface area contributed by atoms with E-state index >= 15 is 0 Å². The van der Waals surface area contributed by atoms with Gasteiger partial charge in [-0.05, 0) is 16.5 Å². The maximum absolute atomic E-state index is 12.5. The molecular weight excluding hydrogens is 304 g/mol. The molecule has 0 aliphatic carbocycles. The maximum Gasteiger partial charge on any atom is 0.260 e. The predicted molar refractivity (Wildman–Crippen MR) is 98.5 cm³/mol. The van der Waals surface area contributed by atoms with E-state index in [1.807, 2.05) is 19.2 Å². The molecule has 0 amide bonds. The van der Waals surface area contributed by atoms with Gasteiger partial charge in [0.1, 0.15) is 10.7 Å². The van der Waals surface area contributed by atoms with Crippen molar-refractivity contribution in [3.63, 3.8) is 0 Å². The van der Waals surface area contributed by atoms with Crippen LogP contribution in [0.3, 0.4) is 0 Å². The van der Waals surface area contributed by atoms with Crippen LogP contribution in [-0.4, -0.2) is 9.97 Å². The summed E-state index contributed by atoms with van der Waals surface area (Å²) in [4.78, 5) is 20.8. The molecule has 3 nitrogen and oxygen atoms in total. The predicted octanol–water partition coefficient (Wildman–Crippen LogP) is 5.07. The third-order valence-corrected chi connectivity index (χ3v) is 4.94. The van der Waals surface area contributed by atoms with Gasteiger partial charge in [-0.1, -0.05) is 58.9 Å². The van der Waals surface area contributed by atoms with E-state index in [0.717, 1.165) is 21.8 Å². The van der Waals surface area contributed by atoms with Crippen LogP contribution in [0.15, 0.2) is 34.4 Å². The lowest BCUT2D eigenvalue weighted by molar-refractivity contribution is 0.590. The third kappa shape index (κ3) is 2.95. The Labute approximate surface area is 140 Å². The SMILES string of the molecule is CC(C)c1nc2scc(-c3ccc(C(C)(C)C)cc3)c2c(=O)[nH]1. The molecule has 2 heterocycles. The molecule has 0 unspecified atom stereocenters. The van der Waals surface area contributed by atoms with Crippen molar-refractivity contribution in [2.24, 2.45) is 0 Å². The first kappa shape index (κ1) is 15.9. The van der Waals surface area contributed by atoms with Crippen LogP contribution in [0.5, 0.6) is 0 Å². The van der Waals surface area contributed by atoms with E-state index < -0.39 is 0 Å². The maximum atomic E-state index is 12.5. The average Bonchev–Trinajstić information content (AvgIpc) is 2.91. The van der Waals surface area contributed by atoms with Crippen LogP contribution in [0.25, 0.3) is 21.3 Å². The highest BCUT2D eigenvalue weighted by atomic mass is 32.1. The number of aromatic nitrogens is 2. The number of H-pyrrole nitrogens is 1. The molecule has 0 spiro atoms. The summed E-state index contributed by atoms with van der Waals surface area (Å²) in [7, 11) is 0. The number of hydrogen-bond donors (Lipinski definition) is 1. The molecule has 4 heteroatoms.